The molecule has 0 aromatic heterocycles. The number of ether oxygens (including phenoxy) is 4. The van der Waals surface area contributed by atoms with Gasteiger partial charge in [0.15, 0.2) is 23.1 Å². The largest absolute Gasteiger partial charge is 0.493 e. The molecule has 2 aromatic carbocycles. The number of carbonyl (C=O) groups is 1. The van der Waals surface area contributed by atoms with Crippen LogP contribution in [0.3, 0.4) is 0 Å². The Labute approximate surface area is 181 Å². The van der Waals surface area contributed by atoms with Gasteiger partial charge < -0.3 is 23.8 Å². The molecule has 1 heterocycles. The Bertz CT molecular complexity index is 932. The van der Waals surface area contributed by atoms with Crippen LogP contribution in [-0.2, 0) is 0 Å². The number of carbonyl (C=O) groups excluding carboxylic acids is 1. The molecule has 0 radical (unpaired) electrons. The summed E-state index contributed by atoms with van der Waals surface area (Å²) in [7, 11) is 4.46. The molecule has 1 fully saturated rings. The van der Waals surface area contributed by atoms with Gasteiger partial charge >= 0.3 is 0 Å². The van der Waals surface area contributed by atoms with E-state index in [0.29, 0.717) is 53.2 Å². The standard InChI is InChI=1S/C21H22BrF2NO5/c1-27-17-11-14(18(22)20(29-3)19(17)28-2)21(26)25-8-6-12(7-9-25)30-13-4-5-15(23)16(24)10-13/h4-5,10-12H,6-9H2,1-3H3. The number of likely N-dealkylation sites (tertiary alicyclic amines) is 1. The summed E-state index contributed by atoms with van der Waals surface area (Å²) in [6.07, 6.45) is 0.932. The molecule has 162 valence electrons. The maximum atomic E-state index is 13.4. The zero-order chi connectivity index (χ0) is 21.8. The summed E-state index contributed by atoms with van der Waals surface area (Å²) >= 11 is 3.43. The zero-order valence-electron chi connectivity index (χ0n) is 16.8. The smallest absolute Gasteiger partial charge is 0.255 e. The van der Waals surface area contributed by atoms with Gasteiger partial charge in [0.2, 0.25) is 5.75 Å². The minimum absolute atomic E-state index is 0.188. The summed E-state index contributed by atoms with van der Waals surface area (Å²) < 4.78 is 48.7. The van der Waals surface area contributed by atoms with Crippen molar-refractivity contribution in [1.29, 1.82) is 0 Å². The molecule has 6 nitrogen and oxygen atoms in total. The molecule has 0 saturated carbocycles. The Balaban J connectivity index is 1.71. The van der Waals surface area contributed by atoms with Crippen LogP contribution in [0.25, 0.3) is 0 Å². The van der Waals surface area contributed by atoms with E-state index in [1.54, 1.807) is 11.0 Å². The third kappa shape index (κ3) is 4.45. The number of hydrogen-bond donors (Lipinski definition) is 0. The van der Waals surface area contributed by atoms with E-state index in [0.717, 1.165) is 12.1 Å². The molecule has 1 amide bonds. The van der Waals surface area contributed by atoms with Crippen LogP contribution < -0.4 is 18.9 Å². The van der Waals surface area contributed by atoms with Crippen molar-refractivity contribution >= 4 is 21.8 Å². The zero-order valence-corrected chi connectivity index (χ0v) is 18.4. The highest BCUT2D eigenvalue weighted by Gasteiger charge is 2.29. The third-order valence-corrected chi connectivity index (χ3v) is 5.71. The first-order valence-corrected chi connectivity index (χ1v) is 10.1. The predicted molar refractivity (Wildman–Crippen MR) is 110 cm³/mol. The minimum atomic E-state index is -0.952. The molecule has 1 saturated heterocycles. The maximum Gasteiger partial charge on any atom is 0.255 e. The van der Waals surface area contributed by atoms with E-state index in [1.165, 1.54) is 27.4 Å². The number of amides is 1. The molecule has 0 unspecified atom stereocenters. The lowest BCUT2D eigenvalue weighted by molar-refractivity contribution is 0.0593. The Morgan fingerprint density at radius 2 is 1.67 bits per heavy atom. The van der Waals surface area contributed by atoms with Gasteiger partial charge in [0.05, 0.1) is 31.4 Å². The van der Waals surface area contributed by atoms with Crippen molar-refractivity contribution in [1.82, 2.24) is 4.90 Å². The van der Waals surface area contributed by atoms with Crippen molar-refractivity contribution in [2.75, 3.05) is 34.4 Å². The van der Waals surface area contributed by atoms with Gasteiger partial charge in [-0.25, -0.2) is 8.78 Å². The Morgan fingerprint density at radius 1 is 1.00 bits per heavy atom. The molecule has 0 bridgehead atoms. The molecule has 1 aliphatic rings. The van der Waals surface area contributed by atoms with Gasteiger partial charge in [-0.1, -0.05) is 0 Å². The maximum absolute atomic E-state index is 13.4. The normalized spacial score (nSPS) is 14.4. The quantitative estimate of drug-likeness (QED) is 0.605. The second-order valence-corrected chi connectivity index (χ2v) is 7.49. The SMILES string of the molecule is COc1cc(C(=O)N2CCC(Oc3ccc(F)c(F)c3)CC2)c(Br)c(OC)c1OC. The number of nitrogens with zero attached hydrogens (tertiary/aromatic N) is 1. The average molecular weight is 486 g/mol. The van der Waals surface area contributed by atoms with Gasteiger partial charge in [-0.05, 0) is 34.1 Å². The molecular weight excluding hydrogens is 464 g/mol. The van der Waals surface area contributed by atoms with E-state index >= 15 is 0 Å². The second kappa shape index (κ2) is 9.51. The summed E-state index contributed by atoms with van der Waals surface area (Å²) in [5.74, 6) is -0.638. The highest BCUT2D eigenvalue weighted by molar-refractivity contribution is 9.10. The molecular formula is C21H22BrF2NO5. The van der Waals surface area contributed by atoms with Crippen molar-refractivity contribution in [3.63, 3.8) is 0 Å². The van der Waals surface area contributed by atoms with E-state index in [-0.39, 0.29) is 17.8 Å². The number of halogens is 3. The van der Waals surface area contributed by atoms with Gasteiger partial charge in [0.25, 0.3) is 5.91 Å². The highest BCUT2D eigenvalue weighted by Crippen LogP contribution is 2.45. The predicted octanol–water partition coefficient (Wildman–Crippen LogP) is 4.44. The monoisotopic (exact) mass is 485 g/mol. The number of piperidine rings is 1. The van der Waals surface area contributed by atoms with Crippen molar-refractivity contribution in [3.8, 4) is 23.0 Å². The van der Waals surface area contributed by atoms with Gasteiger partial charge in [-0.3, -0.25) is 4.79 Å². The Hall–Kier alpha value is -2.55. The fraction of sp³-hybridized carbons (Fsp3) is 0.381. The summed E-state index contributed by atoms with van der Waals surface area (Å²) in [6, 6.07) is 5.06. The fourth-order valence-electron chi connectivity index (χ4n) is 3.37. The minimum Gasteiger partial charge on any atom is -0.493 e. The van der Waals surface area contributed by atoms with Crippen LogP contribution in [0.5, 0.6) is 23.0 Å². The fourth-order valence-corrected chi connectivity index (χ4v) is 3.99. The van der Waals surface area contributed by atoms with Crippen molar-refractivity contribution in [2.45, 2.75) is 18.9 Å². The number of benzene rings is 2. The van der Waals surface area contributed by atoms with Gasteiger partial charge in [-0.2, -0.15) is 0 Å². The summed E-state index contributed by atoms with van der Waals surface area (Å²) in [6.45, 7) is 0.909. The van der Waals surface area contributed by atoms with E-state index < -0.39 is 11.6 Å². The topological polar surface area (TPSA) is 57.2 Å². The molecule has 0 aliphatic carbocycles. The van der Waals surface area contributed by atoms with Gasteiger partial charge in [0, 0.05) is 32.0 Å². The Morgan fingerprint density at radius 3 is 2.23 bits per heavy atom. The molecule has 30 heavy (non-hydrogen) atoms. The lowest BCUT2D eigenvalue weighted by atomic mass is 10.1. The number of hydrogen-bond acceptors (Lipinski definition) is 5. The highest BCUT2D eigenvalue weighted by atomic mass is 79.9. The molecule has 2 aromatic rings. The van der Waals surface area contributed by atoms with E-state index in [1.807, 2.05) is 0 Å². The van der Waals surface area contributed by atoms with Crippen LogP contribution in [0.2, 0.25) is 0 Å². The first kappa shape index (κ1) is 22.1. The third-order valence-electron chi connectivity index (χ3n) is 4.92. The number of rotatable bonds is 6. The van der Waals surface area contributed by atoms with Crippen molar-refractivity contribution < 1.29 is 32.5 Å². The summed E-state index contributed by atoms with van der Waals surface area (Å²) in [4.78, 5) is 14.8. The van der Waals surface area contributed by atoms with Crippen LogP contribution in [0, 0.1) is 11.6 Å². The van der Waals surface area contributed by atoms with E-state index in [4.69, 9.17) is 18.9 Å². The molecule has 3 rings (SSSR count). The van der Waals surface area contributed by atoms with Crippen molar-refractivity contribution in [3.05, 3.63) is 45.9 Å². The molecule has 1 aliphatic heterocycles. The summed E-state index contributed by atoms with van der Waals surface area (Å²) in [5, 5.41) is 0. The first-order chi connectivity index (χ1) is 14.4. The molecule has 0 N–H and O–H groups in total. The molecule has 0 spiro atoms. The molecule has 9 heteroatoms. The Kier molecular flexibility index (Phi) is 7.02. The van der Waals surface area contributed by atoms with E-state index in [2.05, 4.69) is 15.9 Å². The lowest BCUT2D eigenvalue weighted by Gasteiger charge is -2.32. The van der Waals surface area contributed by atoms with Crippen LogP contribution in [0.1, 0.15) is 23.2 Å². The van der Waals surface area contributed by atoms with Gasteiger partial charge in [0.1, 0.15) is 11.9 Å². The first-order valence-electron chi connectivity index (χ1n) is 9.29. The second-order valence-electron chi connectivity index (χ2n) is 6.69. The van der Waals surface area contributed by atoms with E-state index in [9.17, 15) is 13.6 Å². The van der Waals surface area contributed by atoms with Gasteiger partial charge in [-0.15, -0.1) is 0 Å². The van der Waals surface area contributed by atoms with Crippen LogP contribution in [0.15, 0.2) is 28.7 Å². The molecule has 0 atom stereocenters. The summed E-state index contributed by atoms with van der Waals surface area (Å²) in [5.41, 5.74) is 0.393. The van der Waals surface area contributed by atoms with Crippen LogP contribution in [0.4, 0.5) is 8.78 Å². The number of methoxy groups -OCH3 is 3. The van der Waals surface area contributed by atoms with Crippen LogP contribution >= 0.6 is 15.9 Å². The van der Waals surface area contributed by atoms with Crippen molar-refractivity contribution in [2.24, 2.45) is 0 Å². The average Bonchev–Trinajstić information content (AvgIpc) is 2.76. The van der Waals surface area contributed by atoms with Crippen LogP contribution in [-0.4, -0.2) is 51.3 Å². The lowest BCUT2D eigenvalue weighted by Crippen LogP contribution is -2.42.